The number of hydrogen-bond acceptors (Lipinski definition) is 3. The maximum absolute atomic E-state index is 6.31. The molecule has 2 aromatic carbocycles. The average Bonchev–Trinajstić information content (AvgIpc) is 2.72. The summed E-state index contributed by atoms with van der Waals surface area (Å²) in [5, 5.41) is 0. The van der Waals surface area contributed by atoms with Crippen LogP contribution in [-0.4, -0.2) is 45.2 Å². The van der Waals surface area contributed by atoms with Crippen LogP contribution in [0.15, 0.2) is 48.5 Å². The van der Waals surface area contributed by atoms with E-state index in [-0.39, 0.29) is 0 Å². The average molecular weight is 381 g/mol. The Balaban J connectivity index is 1.73. The Labute approximate surface area is 171 Å². The number of hydrogen-bond donors (Lipinski definition) is 0. The van der Waals surface area contributed by atoms with Gasteiger partial charge in [0.25, 0.3) is 0 Å². The summed E-state index contributed by atoms with van der Waals surface area (Å²) in [5.41, 5.74) is 3.93. The van der Waals surface area contributed by atoms with E-state index in [0.717, 1.165) is 18.9 Å². The zero-order valence-electron chi connectivity index (χ0n) is 18.0. The summed E-state index contributed by atoms with van der Waals surface area (Å²) in [5.74, 6) is 2.11. The molecule has 0 aliphatic carbocycles. The van der Waals surface area contributed by atoms with Crippen molar-refractivity contribution < 1.29 is 4.74 Å². The number of benzene rings is 2. The molecule has 3 nitrogen and oxygen atoms in total. The molecule has 2 aromatic rings. The van der Waals surface area contributed by atoms with E-state index in [1.807, 2.05) is 0 Å². The highest BCUT2D eigenvalue weighted by atomic mass is 16.5. The molecule has 0 spiro atoms. The predicted molar refractivity (Wildman–Crippen MR) is 120 cm³/mol. The van der Waals surface area contributed by atoms with Crippen LogP contribution in [0.1, 0.15) is 43.2 Å². The molecule has 0 bridgehead atoms. The van der Waals surface area contributed by atoms with E-state index in [1.54, 1.807) is 0 Å². The molecule has 0 unspecified atom stereocenters. The molecule has 0 N–H and O–H groups in total. The van der Waals surface area contributed by atoms with E-state index in [1.165, 1.54) is 49.2 Å². The first kappa shape index (κ1) is 20.7. The number of rotatable bonds is 8. The van der Waals surface area contributed by atoms with Crippen LogP contribution in [0.2, 0.25) is 0 Å². The van der Waals surface area contributed by atoms with Gasteiger partial charge in [-0.2, -0.15) is 0 Å². The Kier molecular flexibility index (Phi) is 7.38. The first-order chi connectivity index (χ1) is 13.6. The largest absolute Gasteiger partial charge is 0.493 e. The third-order valence-corrected chi connectivity index (χ3v) is 6.03. The van der Waals surface area contributed by atoms with Crippen molar-refractivity contribution in [3.05, 3.63) is 59.7 Å². The van der Waals surface area contributed by atoms with Crippen LogP contribution in [0, 0.1) is 12.8 Å². The third-order valence-electron chi connectivity index (χ3n) is 6.03. The van der Waals surface area contributed by atoms with Crippen molar-refractivity contribution in [1.82, 2.24) is 4.90 Å². The van der Waals surface area contributed by atoms with Gasteiger partial charge in [-0.1, -0.05) is 43.7 Å². The number of piperidine rings is 1. The van der Waals surface area contributed by atoms with Crippen molar-refractivity contribution in [2.24, 2.45) is 5.92 Å². The van der Waals surface area contributed by atoms with Gasteiger partial charge in [0.05, 0.1) is 6.61 Å². The lowest BCUT2D eigenvalue weighted by atomic mass is 9.80. The predicted octanol–water partition coefficient (Wildman–Crippen LogP) is 5.35. The van der Waals surface area contributed by atoms with Crippen LogP contribution in [0.25, 0.3) is 0 Å². The molecule has 3 heteroatoms. The van der Waals surface area contributed by atoms with Crippen LogP contribution in [0.5, 0.6) is 5.75 Å². The molecule has 1 saturated heterocycles. The summed E-state index contributed by atoms with van der Waals surface area (Å²) in [6.45, 7) is 8.73. The smallest absolute Gasteiger partial charge is 0.122 e. The fourth-order valence-corrected chi connectivity index (χ4v) is 4.23. The number of aryl methyl sites for hydroxylation is 1. The summed E-state index contributed by atoms with van der Waals surface area (Å²) in [6, 6.07) is 17.5. The first-order valence-electron chi connectivity index (χ1n) is 10.8. The fourth-order valence-electron chi connectivity index (χ4n) is 4.23. The van der Waals surface area contributed by atoms with Gasteiger partial charge in [-0.3, -0.25) is 0 Å². The number of nitrogens with zero attached hydrogens (tertiary/aromatic N) is 2. The van der Waals surface area contributed by atoms with Gasteiger partial charge in [-0.25, -0.2) is 0 Å². The molecular weight excluding hydrogens is 344 g/mol. The second-order valence-electron chi connectivity index (χ2n) is 8.37. The molecule has 1 aliphatic heterocycles. The molecule has 28 heavy (non-hydrogen) atoms. The van der Waals surface area contributed by atoms with Crippen molar-refractivity contribution in [2.45, 2.75) is 39.0 Å². The van der Waals surface area contributed by atoms with Crippen LogP contribution in [0.4, 0.5) is 5.69 Å². The number of unbranched alkanes of at least 4 members (excludes halogenated alkanes) is 1. The van der Waals surface area contributed by atoms with Gasteiger partial charge in [0.2, 0.25) is 0 Å². The van der Waals surface area contributed by atoms with E-state index in [2.05, 4.69) is 86.3 Å². The zero-order chi connectivity index (χ0) is 19.9. The van der Waals surface area contributed by atoms with Gasteiger partial charge in [0.15, 0.2) is 0 Å². The second kappa shape index (κ2) is 9.97. The lowest BCUT2D eigenvalue weighted by Gasteiger charge is -2.39. The Bertz CT molecular complexity index is 726. The quantitative estimate of drug-likeness (QED) is 0.614. The highest BCUT2D eigenvalue weighted by Gasteiger charge is 2.30. The molecule has 3 rings (SSSR count). The first-order valence-corrected chi connectivity index (χ1v) is 10.8. The van der Waals surface area contributed by atoms with Gasteiger partial charge < -0.3 is 14.5 Å². The Hall–Kier alpha value is -2.00. The summed E-state index contributed by atoms with van der Waals surface area (Å²) in [7, 11) is 4.19. The fraction of sp³-hybridized carbons (Fsp3) is 0.520. The van der Waals surface area contributed by atoms with E-state index in [4.69, 9.17) is 4.74 Å². The van der Waals surface area contributed by atoms with Crippen molar-refractivity contribution in [1.29, 1.82) is 0 Å². The number of likely N-dealkylation sites (tertiary alicyclic amines) is 1. The number of ether oxygens (including phenoxy) is 1. The maximum Gasteiger partial charge on any atom is 0.122 e. The van der Waals surface area contributed by atoms with Gasteiger partial charge in [0.1, 0.15) is 5.75 Å². The van der Waals surface area contributed by atoms with Gasteiger partial charge in [-0.15, -0.1) is 0 Å². The summed E-state index contributed by atoms with van der Waals surface area (Å²) < 4.78 is 6.31. The number of anilines is 1. The minimum absolute atomic E-state index is 0.524. The highest BCUT2D eigenvalue weighted by molar-refractivity contribution is 5.46. The SMILES string of the molecule is CCCCN1CC[C@H](c2ccc(N(C)C)cc2)[C@@H](COc2ccccc2C)C1. The summed E-state index contributed by atoms with van der Waals surface area (Å²) in [6.07, 6.45) is 3.76. The van der Waals surface area contributed by atoms with Crippen molar-refractivity contribution >= 4 is 5.69 Å². The van der Waals surface area contributed by atoms with E-state index < -0.39 is 0 Å². The standard InChI is InChI=1S/C25H36N2O/c1-5-6-16-27-17-15-24(21-11-13-23(14-12-21)26(3)4)22(18-27)19-28-25-10-8-7-9-20(25)2/h7-14,22,24H,5-6,15-19H2,1-4H3/t22-,24-/m1/s1. The summed E-state index contributed by atoms with van der Waals surface area (Å²) >= 11 is 0. The van der Waals surface area contributed by atoms with Crippen LogP contribution < -0.4 is 9.64 Å². The van der Waals surface area contributed by atoms with Crippen LogP contribution >= 0.6 is 0 Å². The second-order valence-corrected chi connectivity index (χ2v) is 8.37. The molecule has 0 amide bonds. The Morgan fingerprint density at radius 3 is 2.50 bits per heavy atom. The molecule has 1 heterocycles. The van der Waals surface area contributed by atoms with Crippen LogP contribution in [0.3, 0.4) is 0 Å². The van der Waals surface area contributed by atoms with Crippen molar-refractivity contribution in [3.63, 3.8) is 0 Å². The molecule has 0 radical (unpaired) electrons. The van der Waals surface area contributed by atoms with E-state index >= 15 is 0 Å². The summed E-state index contributed by atoms with van der Waals surface area (Å²) in [4.78, 5) is 4.80. The van der Waals surface area contributed by atoms with Gasteiger partial charge in [0, 0.05) is 32.2 Å². The molecule has 152 valence electrons. The normalized spacial score (nSPS) is 20.1. The lowest BCUT2D eigenvalue weighted by Crippen LogP contribution is -2.42. The van der Waals surface area contributed by atoms with Gasteiger partial charge >= 0.3 is 0 Å². The maximum atomic E-state index is 6.31. The topological polar surface area (TPSA) is 15.7 Å². The lowest BCUT2D eigenvalue weighted by molar-refractivity contribution is 0.110. The monoisotopic (exact) mass is 380 g/mol. The molecule has 0 aromatic heterocycles. The molecule has 0 saturated carbocycles. The van der Waals surface area contributed by atoms with E-state index in [0.29, 0.717) is 11.8 Å². The minimum Gasteiger partial charge on any atom is -0.493 e. The third kappa shape index (κ3) is 5.29. The van der Waals surface area contributed by atoms with Crippen LogP contribution in [-0.2, 0) is 0 Å². The highest BCUT2D eigenvalue weighted by Crippen LogP contribution is 2.34. The Morgan fingerprint density at radius 2 is 1.82 bits per heavy atom. The number of para-hydroxylation sites is 1. The van der Waals surface area contributed by atoms with E-state index in [9.17, 15) is 0 Å². The van der Waals surface area contributed by atoms with Crippen molar-refractivity contribution in [3.8, 4) is 5.75 Å². The molecule has 1 aliphatic rings. The van der Waals surface area contributed by atoms with Crippen molar-refractivity contribution in [2.75, 3.05) is 45.2 Å². The van der Waals surface area contributed by atoms with Gasteiger partial charge in [-0.05, 0) is 68.1 Å². The molecule has 1 fully saturated rings. The minimum atomic E-state index is 0.524. The molecular formula is C25H36N2O. The zero-order valence-corrected chi connectivity index (χ0v) is 18.0. The molecule has 2 atom stereocenters. The Morgan fingerprint density at radius 1 is 1.07 bits per heavy atom.